The van der Waals surface area contributed by atoms with Crippen molar-refractivity contribution in [3.63, 3.8) is 0 Å². The lowest BCUT2D eigenvalue weighted by molar-refractivity contribution is 0.418. The number of H-pyrrole nitrogens is 1. The van der Waals surface area contributed by atoms with Crippen molar-refractivity contribution in [2.45, 2.75) is 0 Å². The fourth-order valence-electron chi connectivity index (χ4n) is 1.03. The molecule has 2 aromatic heterocycles. The average Bonchev–Trinajstić information content (AvgIpc) is 2.50. The van der Waals surface area contributed by atoms with Gasteiger partial charge >= 0.3 is 0 Å². The molecule has 12 heavy (non-hydrogen) atoms. The van der Waals surface area contributed by atoms with Crippen LogP contribution >= 0.6 is 11.6 Å². The summed E-state index contributed by atoms with van der Waals surface area (Å²) in [6.45, 7) is 0. The summed E-state index contributed by atoms with van der Waals surface area (Å²) in [7, 11) is 1.58. The summed E-state index contributed by atoms with van der Waals surface area (Å²) in [5.41, 5.74) is 1.33. The number of aromatic amines is 1. The van der Waals surface area contributed by atoms with Gasteiger partial charge in [-0.1, -0.05) is 11.6 Å². The monoisotopic (exact) mass is 183 g/mol. The lowest BCUT2D eigenvalue weighted by Gasteiger charge is -1.99. The predicted molar refractivity (Wildman–Crippen MR) is 45.5 cm³/mol. The molecule has 0 bridgehead atoms. The summed E-state index contributed by atoms with van der Waals surface area (Å²) >= 11 is 5.71. The van der Waals surface area contributed by atoms with Gasteiger partial charge in [0.15, 0.2) is 5.65 Å². The van der Waals surface area contributed by atoms with Crippen LogP contribution in [0, 0.1) is 0 Å². The Morgan fingerprint density at radius 1 is 1.58 bits per heavy atom. The number of halogens is 1. The third kappa shape index (κ3) is 1.00. The Kier molecular flexibility index (Phi) is 1.62. The van der Waals surface area contributed by atoms with Gasteiger partial charge in [0.2, 0.25) is 0 Å². The molecule has 0 saturated carbocycles. The Balaban J connectivity index is 2.80. The number of nitrogens with zero attached hydrogens (tertiary/aromatic N) is 2. The number of rotatable bonds is 1. The van der Waals surface area contributed by atoms with Gasteiger partial charge in [0, 0.05) is 6.07 Å². The fourth-order valence-corrected chi connectivity index (χ4v) is 1.21. The number of imidazole rings is 1. The van der Waals surface area contributed by atoms with Crippen molar-refractivity contribution >= 4 is 22.8 Å². The zero-order chi connectivity index (χ0) is 8.55. The summed E-state index contributed by atoms with van der Waals surface area (Å²) in [6, 6.07) is 1.64. The van der Waals surface area contributed by atoms with Crippen molar-refractivity contribution in [1.29, 1.82) is 0 Å². The number of fused-ring (bicyclic) bond motifs is 1. The molecule has 0 unspecified atom stereocenters. The van der Waals surface area contributed by atoms with Crippen molar-refractivity contribution in [2.75, 3.05) is 7.11 Å². The van der Waals surface area contributed by atoms with Crippen LogP contribution in [-0.4, -0.2) is 22.1 Å². The molecule has 0 aliphatic rings. The molecule has 2 rings (SSSR count). The van der Waals surface area contributed by atoms with E-state index in [2.05, 4.69) is 15.0 Å². The first-order chi connectivity index (χ1) is 5.81. The van der Waals surface area contributed by atoms with Crippen molar-refractivity contribution in [3.8, 4) is 5.75 Å². The summed E-state index contributed by atoms with van der Waals surface area (Å²) in [6.07, 6.45) is 1.55. The van der Waals surface area contributed by atoms with Gasteiger partial charge in [0.25, 0.3) is 0 Å². The van der Waals surface area contributed by atoms with Gasteiger partial charge in [-0.05, 0) is 0 Å². The van der Waals surface area contributed by atoms with Crippen molar-refractivity contribution in [1.82, 2.24) is 15.0 Å². The second-order valence-electron chi connectivity index (χ2n) is 2.25. The van der Waals surface area contributed by atoms with Gasteiger partial charge < -0.3 is 9.72 Å². The summed E-state index contributed by atoms with van der Waals surface area (Å²) in [5, 5.41) is 0.381. The van der Waals surface area contributed by atoms with Crippen molar-refractivity contribution in [2.24, 2.45) is 0 Å². The molecule has 0 amide bonds. The highest BCUT2D eigenvalue weighted by Crippen LogP contribution is 2.23. The molecule has 2 heterocycles. The van der Waals surface area contributed by atoms with E-state index in [1.54, 1.807) is 19.5 Å². The highest BCUT2D eigenvalue weighted by Gasteiger charge is 2.05. The zero-order valence-corrected chi connectivity index (χ0v) is 7.09. The first-order valence-electron chi connectivity index (χ1n) is 3.35. The third-order valence-electron chi connectivity index (χ3n) is 1.55. The highest BCUT2D eigenvalue weighted by molar-refractivity contribution is 6.30. The van der Waals surface area contributed by atoms with Gasteiger partial charge in [0.05, 0.1) is 13.4 Å². The van der Waals surface area contributed by atoms with Crippen LogP contribution < -0.4 is 4.74 Å². The summed E-state index contributed by atoms with van der Waals surface area (Å²) in [4.78, 5) is 10.9. The number of methoxy groups -OCH3 is 1. The topological polar surface area (TPSA) is 50.8 Å². The largest absolute Gasteiger partial charge is 0.494 e. The van der Waals surface area contributed by atoms with Crippen LogP contribution in [0.2, 0.25) is 5.15 Å². The molecular weight excluding hydrogens is 178 g/mol. The van der Waals surface area contributed by atoms with Crippen LogP contribution in [0.5, 0.6) is 5.75 Å². The SMILES string of the molecule is COc1cc(Cl)nc2nc[nH]c12. The van der Waals surface area contributed by atoms with Gasteiger partial charge in [-0.15, -0.1) is 0 Å². The third-order valence-corrected chi connectivity index (χ3v) is 1.74. The van der Waals surface area contributed by atoms with E-state index in [0.717, 1.165) is 5.52 Å². The van der Waals surface area contributed by atoms with Crippen LogP contribution in [0.25, 0.3) is 11.2 Å². The molecule has 0 radical (unpaired) electrons. The molecule has 0 aliphatic carbocycles. The maximum atomic E-state index is 5.71. The molecule has 62 valence electrons. The predicted octanol–water partition coefficient (Wildman–Crippen LogP) is 1.62. The van der Waals surface area contributed by atoms with E-state index in [-0.39, 0.29) is 0 Å². The molecule has 0 aromatic carbocycles. The normalized spacial score (nSPS) is 10.5. The van der Waals surface area contributed by atoms with Crippen LogP contribution in [0.1, 0.15) is 0 Å². The van der Waals surface area contributed by atoms with Gasteiger partial charge in [-0.2, -0.15) is 0 Å². The molecule has 2 aromatic rings. The lowest BCUT2D eigenvalue weighted by atomic mass is 10.4. The standard InChI is InChI=1S/C7H6ClN3O/c1-12-4-2-5(8)11-7-6(4)9-3-10-7/h2-3H,1H3,(H,9,10,11). The minimum atomic E-state index is 0.381. The number of nitrogens with one attached hydrogen (secondary N) is 1. The minimum absolute atomic E-state index is 0.381. The molecule has 5 heteroatoms. The first kappa shape index (κ1) is 7.36. The minimum Gasteiger partial charge on any atom is -0.494 e. The number of hydrogen-bond acceptors (Lipinski definition) is 3. The number of ether oxygens (including phenoxy) is 1. The van der Waals surface area contributed by atoms with Crippen molar-refractivity contribution in [3.05, 3.63) is 17.5 Å². The van der Waals surface area contributed by atoms with Gasteiger partial charge in [0.1, 0.15) is 16.4 Å². The van der Waals surface area contributed by atoms with Gasteiger partial charge in [-0.25, -0.2) is 9.97 Å². The van der Waals surface area contributed by atoms with Gasteiger partial charge in [-0.3, -0.25) is 0 Å². The van der Waals surface area contributed by atoms with E-state index >= 15 is 0 Å². The lowest BCUT2D eigenvalue weighted by Crippen LogP contribution is -1.87. The van der Waals surface area contributed by atoms with Crippen LogP contribution in [0.3, 0.4) is 0 Å². The Bertz CT molecular complexity index is 412. The molecule has 1 N–H and O–H groups in total. The van der Waals surface area contributed by atoms with Crippen molar-refractivity contribution < 1.29 is 4.74 Å². The second kappa shape index (κ2) is 2.64. The number of hydrogen-bond donors (Lipinski definition) is 1. The Morgan fingerprint density at radius 2 is 2.42 bits per heavy atom. The van der Waals surface area contributed by atoms with E-state index < -0.39 is 0 Å². The average molecular weight is 184 g/mol. The van der Waals surface area contributed by atoms with Crippen LogP contribution in [-0.2, 0) is 0 Å². The Morgan fingerprint density at radius 3 is 3.17 bits per heavy atom. The highest BCUT2D eigenvalue weighted by atomic mass is 35.5. The fraction of sp³-hybridized carbons (Fsp3) is 0.143. The Labute approximate surface area is 73.5 Å². The second-order valence-corrected chi connectivity index (χ2v) is 2.64. The number of aromatic nitrogens is 3. The van der Waals surface area contributed by atoms with E-state index in [1.807, 2.05) is 0 Å². The molecule has 0 spiro atoms. The summed E-state index contributed by atoms with van der Waals surface area (Å²) in [5.74, 6) is 0.655. The van der Waals surface area contributed by atoms with E-state index in [4.69, 9.17) is 16.3 Å². The van der Waals surface area contributed by atoms with E-state index in [0.29, 0.717) is 16.5 Å². The molecule has 0 aliphatic heterocycles. The molecule has 4 nitrogen and oxygen atoms in total. The first-order valence-corrected chi connectivity index (χ1v) is 3.72. The summed E-state index contributed by atoms with van der Waals surface area (Å²) < 4.78 is 5.07. The maximum Gasteiger partial charge on any atom is 0.182 e. The quantitative estimate of drug-likeness (QED) is 0.684. The molecule has 0 atom stereocenters. The Hall–Kier alpha value is -1.29. The molecular formula is C7H6ClN3O. The van der Waals surface area contributed by atoms with E-state index in [1.165, 1.54) is 0 Å². The number of pyridine rings is 1. The van der Waals surface area contributed by atoms with Crippen LogP contribution in [0.15, 0.2) is 12.4 Å². The smallest absolute Gasteiger partial charge is 0.182 e. The zero-order valence-electron chi connectivity index (χ0n) is 6.34. The molecule has 0 saturated heterocycles. The van der Waals surface area contributed by atoms with E-state index in [9.17, 15) is 0 Å². The maximum absolute atomic E-state index is 5.71. The molecule has 0 fully saturated rings. The van der Waals surface area contributed by atoms with Crippen LogP contribution in [0.4, 0.5) is 0 Å².